The number of carbonyl (C=O) groups is 1. The van der Waals surface area contributed by atoms with Crippen LogP contribution in [0, 0.1) is 5.82 Å². The molecule has 0 saturated heterocycles. The topological polar surface area (TPSA) is 80.1 Å². The highest BCUT2D eigenvalue weighted by Gasteiger charge is 2.12. The lowest BCUT2D eigenvalue weighted by Crippen LogP contribution is -2.20. The third-order valence-corrected chi connectivity index (χ3v) is 3.94. The maximum absolute atomic E-state index is 13.6. The molecular weight excluding hydrogens is 359 g/mol. The van der Waals surface area contributed by atoms with Crippen LogP contribution in [-0.2, 0) is 0 Å². The molecule has 2 N–H and O–H groups in total. The van der Waals surface area contributed by atoms with Crippen LogP contribution in [0.1, 0.15) is 0 Å². The van der Waals surface area contributed by atoms with Crippen LogP contribution in [0.15, 0.2) is 83.3 Å². The second-order valence-corrected chi connectivity index (χ2v) is 5.92. The fourth-order valence-corrected chi connectivity index (χ4v) is 2.61. The fraction of sp³-hybridized carbons (Fsp3) is 0. The first-order valence-corrected chi connectivity index (χ1v) is 8.51. The Kier molecular flexibility index (Phi) is 4.79. The van der Waals surface area contributed by atoms with Gasteiger partial charge in [0.2, 0.25) is 11.8 Å². The molecule has 0 spiro atoms. The van der Waals surface area contributed by atoms with Crippen LogP contribution < -0.4 is 10.6 Å². The van der Waals surface area contributed by atoms with Gasteiger partial charge in [-0.05, 0) is 42.5 Å². The van der Waals surface area contributed by atoms with Crippen LogP contribution in [-0.4, -0.2) is 16.2 Å². The number of carbonyl (C=O) groups excluding carboxylic acids is 1. The van der Waals surface area contributed by atoms with Crippen LogP contribution in [0.5, 0.6) is 0 Å². The van der Waals surface area contributed by atoms with Gasteiger partial charge in [0.05, 0.1) is 5.69 Å². The van der Waals surface area contributed by atoms with Gasteiger partial charge in [0.1, 0.15) is 5.82 Å². The molecule has 0 aliphatic carbocycles. The summed E-state index contributed by atoms with van der Waals surface area (Å²) in [4.78, 5) is 12.1. The zero-order chi connectivity index (χ0) is 19.3. The predicted octanol–water partition coefficient (Wildman–Crippen LogP) is 5.19. The Labute approximate surface area is 160 Å². The molecule has 1 heterocycles. The van der Waals surface area contributed by atoms with E-state index in [-0.39, 0.29) is 5.69 Å². The molecule has 2 amide bonds. The Hall–Kier alpha value is -4.00. The van der Waals surface area contributed by atoms with Gasteiger partial charge >= 0.3 is 6.03 Å². The van der Waals surface area contributed by atoms with E-state index >= 15 is 0 Å². The monoisotopic (exact) mass is 374 g/mol. The van der Waals surface area contributed by atoms with Gasteiger partial charge in [0, 0.05) is 16.8 Å². The van der Waals surface area contributed by atoms with E-state index < -0.39 is 11.8 Å². The minimum absolute atomic E-state index is 0.0977. The molecule has 4 aromatic rings. The van der Waals surface area contributed by atoms with E-state index in [0.29, 0.717) is 23.0 Å². The minimum atomic E-state index is -0.558. The third kappa shape index (κ3) is 3.88. The Morgan fingerprint density at radius 1 is 0.786 bits per heavy atom. The number of aromatic nitrogens is 2. The zero-order valence-electron chi connectivity index (χ0n) is 14.6. The molecule has 0 radical (unpaired) electrons. The number of hydrogen-bond donors (Lipinski definition) is 2. The van der Waals surface area contributed by atoms with Crippen molar-refractivity contribution in [2.45, 2.75) is 0 Å². The van der Waals surface area contributed by atoms with Gasteiger partial charge in [-0.15, -0.1) is 10.2 Å². The third-order valence-electron chi connectivity index (χ3n) is 3.94. The summed E-state index contributed by atoms with van der Waals surface area (Å²) in [6.07, 6.45) is 0. The van der Waals surface area contributed by atoms with Crippen molar-refractivity contribution in [1.82, 2.24) is 10.2 Å². The van der Waals surface area contributed by atoms with Crippen molar-refractivity contribution in [1.29, 1.82) is 0 Å². The summed E-state index contributed by atoms with van der Waals surface area (Å²) < 4.78 is 19.4. The highest BCUT2D eigenvalue weighted by atomic mass is 19.1. The number of hydrogen-bond acceptors (Lipinski definition) is 4. The number of nitrogens with one attached hydrogen (secondary N) is 2. The van der Waals surface area contributed by atoms with Gasteiger partial charge in [-0.1, -0.05) is 36.4 Å². The van der Waals surface area contributed by atoms with Gasteiger partial charge in [-0.2, -0.15) is 0 Å². The van der Waals surface area contributed by atoms with Gasteiger partial charge in [0.25, 0.3) is 0 Å². The van der Waals surface area contributed by atoms with Crippen molar-refractivity contribution < 1.29 is 13.6 Å². The second-order valence-electron chi connectivity index (χ2n) is 5.92. The molecule has 4 rings (SSSR count). The highest BCUT2D eigenvalue weighted by molar-refractivity contribution is 6.00. The molecule has 0 saturated carbocycles. The molecule has 0 unspecified atom stereocenters. The number of halogens is 1. The first-order valence-electron chi connectivity index (χ1n) is 8.51. The summed E-state index contributed by atoms with van der Waals surface area (Å²) >= 11 is 0. The van der Waals surface area contributed by atoms with E-state index in [1.807, 2.05) is 30.3 Å². The van der Waals surface area contributed by atoms with Crippen molar-refractivity contribution in [3.05, 3.63) is 84.7 Å². The van der Waals surface area contributed by atoms with Gasteiger partial charge in [-0.25, -0.2) is 9.18 Å². The number of anilines is 2. The summed E-state index contributed by atoms with van der Waals surface area (Å²) in [5, 5.41) is 13.3. The van der Waals surface area contributed by atoms with Crippen molar-refractivity contribution in [3.63, 3.8) is 0 Å². The van der Waals surface area contributed by atoms with Gasteiger partial charge in [0.15, 0.2) is 0 Å². The Morgan fingerprint density at radius 2 is 1.46 bits per heavy atom. The summed E-state index contributed by atoms with van der Waals surface area (Å²) in [6.45, 7) is 0. The summed E-state index contributed by atoms with van der Waals surface area (Å²) in [6, 6.07) is 21.8. The molecular formula is C21H15FN4O2. The molecule has 0 bridgehead atoms. The van der Waals surface area contributed by atoms with Crippen molar-refractivity contribution in [3.8, 4) is 22.9 Å². The maximum atomic E-state index is 13.6. The van der Waals surface area contributed by atoms with Crippen LogP contribution in [0.3, 0.4) is 0 Å². The van der Waals surface area contributed by atoms with E-state index in [4.69, 9.17) is 4.42 Å². The quantitative estimate of drug-likeness (QED) is 0.515. The van der Waals surface area contributed by atoms with Gasteiger partial charge in [-0.3, -0.25) is 0 Å². The normalized spacial score (nSPS) is 10.5. The van der Waals surface area contributed by atoms with E-state index in [1.54, 1.807) is 36.4 Å². The van der Waals surface area contributed by atoms with Crippen molar-refractivity contribution >= 4 is 17.4 Å². The van der Waals surface area contributed by atoms with Crippen LogP contribution >= 0.6 is 0 Å². The molecule has 1 aromatic heterocycles. The summed E-state index contributed by atoms with van der Waals surface area (Å²) in [5.41, 5.74) is 2.07. The number of rotatable bonds is 4. The van der Waals surface area contributed by atoms with Crippen LogP contribution in [0.25, 0.3) is 22.9 Å². The maximum Gasteiger partial charge on any atom is 0.323 e. The molecule has 0 aliphatic rings. The largest absolute Gasteiger partial charge is 0.416 e. The van der Waals surface area contributed by atoms with E-state index in [9.17, 15) is 9.18 Å². The lowest BCUT2D eigenvalue weighted by Gasteiger charge is -2.08. The smallest absolute Gasteiger partial charge is 0.323 e. The van der Waals surface area contributed by atoms with Crippen LogP contribution in [0.2, 0.25) is 0 Å². The first-order chi connectivity index (χ1) is 13.7. The number of benzene rings is 3. The molecule has 0 fully saturated rings. The predicted molar refractivity (Wildman–Crippen MR) is 104 cm³/mol. The van der Waals surface area contributed by atoms with E-state index in [2.05, 4.69) is 20.8 Å². The van der Waals surface area contributed by atoms with E-state index in [1.165, 1.54) is 12.1 Å². The fourth-order valence-electron chi connectivity index (χ4n) is 2.61. The Balaban J connectivity index is 1.50. The zero-order valence-corrected chi connectivity index (χ0v) is 14.6. The number of urea groups is 1. The molecule has 0 atom stereocenters. The number of amides is 2. The van der Waals surface area contributed by atoms with Crippen molar-refractivity contribution in [2.24, 2.45) is 0 Å². The summed E-state index contributed by atoms with van der Waals surface area (Å²) in [5.74, 6) is 0.231. The Morgan fingerprint density at radius 3 is 2.25 bits per heavy atom. The van der Waals surface area contributed by atoms with Crippen molar-refractivity contribution in [2.75, 3.05) is 10.6 Å². The molecule has 3 aromatic carbocycles. The lowest BCUT2D eigenvalue weighted by atomic mass is 10.2. The molecule has 6 nitrogen and oxygen atoms in total. The molecule has 7 heteroatoms. The lowest BCUT2D eigenvalue weighted by molar-refractivity contribution is 0.262. The highest BCUT2D eigenvalue weighted by Crippen LogP contribution is 2.25. The number of nitrogens with zero attached hydrogens (tertiary/aromatic N) is 2. The Bertz CT molecular complexity index is 1110. The van der Waals surface area contributed by atoms with Gasteiger partial charge < -0.3 is 15.1 Å². The molecule has 0 aliphatic heterocycles. The average Bonchev–Trinajstić information content (AvgIpc) is 3.21. The minimum Gasteiger partial charge on any atom is -0.416 e. The first kappa shape index (κ1) is 17.4. The average molecular weight is 374 g/mol. The number of para-hydroxylation sites is 1. The summed E-state index contributed by atoms with van der Waals surface area (Å²) in [7, 11) is 0. The second kappa shape index (κ2) is 7.71. The molecule has 28 heavy (non-hydrogen) atoms. The standard InChI is InChI=1S/C21H15FN4O2/c22-17-11-4-5-12-18(17)24-21(27)23-16-10-6-9-15(13-16)20-26-25-19(28-20)14-7-2-1-3-8-14/h1-13H,(H2,23,24,27). The van der Waals surface area contributed by atoms with Crippen LogP contribution in [0.4, 0.5) is 20.6 Å². The molecule has 138 valence electrons. The SMILES string of the molecule is O=C(Nc1cccc(-c2nnc(-c3ccccc3)o2)c1)Nc1ccccc1F. The van der Waals surface area contributed by atoms with E-state index in [0.717, 1.165) is 5.56 Å².